The van der Waals surface area contributed by atoms with E-state index in [0.29, 0.717) is 12.5 Å². The molecular weight excluding hydrogens is 320 g/mol. The second-order valence-corrected chi connectivity index (χ2v) is 8.23. The van der Waals surface area contributed by atoms with Gasteiger partial charge in [-0.2, -0.15) is 0 Å². The lowest BCUT2D eigenvalue weighted by Gasteiger charge is -2.36. The van der Waals surface area contributed by atoms with E-state index in [0.717, 1.165) is 49.8 Å². The first-order valence-electron chi connectivity index (χ1n) is 9.44. The number of nitrogens with zero attached hydrogens (tertiary/aromatic N) is 2. The van der Waals surface area contributed by atoms with Crippen molar-refractivity contribution in [2.75, 3.05) is 32.7 Å². The number of hydrogen-bond donors (Lipinski definition) is 1. The minimum atomic E-state index is -0.404. The standard InChI is InChI=1S/C19H30N2O2S/c22-17(18-7-4-14-24-18)15-20-10-12-21(13-11-20)19(23)9-8-16-5-2-1-3-6-16/h4,7,14,16-17,22H,1-3,5-6,8-13,15H2. The average Bonchev–Trinajstić information content (AvgIpc) is 3.16. The Labute approximate surface area is 149 Å². The van der Waals surface area contributed by atoms with Gasteiger partial charge in [0.15, 0.2) is 0 Å². The predicted octanol–water partition coefficient (Wildman–Crippen LogP) is 3.29. The third kappa shape index (κ3) is 5.04. The molecule has 1 aliphatic carbocycles. The molecule has 134 valence electrons. The maximum atomic E-state index is 12.4. The number of piperazine rings is 1. The van der Waals surface area contributed by atoms with Crippen LogP contribution in [0, 0.1) is 5.92 Å². The lowest BCUT2D eigenvalue weighted by atomic mass is 9.86. The molecular formula is C19H30N2O2S. The molecule has 1 saturated heterocycles. The molecule has 0 radical (unpaired) electrons. The lowest BCUT2D eigenvalue weighted by molar-refractivity contribution is -0.133. The quantitative estimate of drug-likeness (QED) is 0.856. The summed E-state index contributed by atoms with van der Waals surface area (Å²) >= 11 is 1.60. The Kier molecular flexibility index (Phi) is 6.69. The van der Waals surface area contributed by atoms with Crippen LogP contribution in [0.3, 0.4) is 0 Å². The van der Waals surface area contributed by atoms with Crippen molar-refractivity contribution in [3.8, 4) is 0 Å². The highest BCUT2D eigenvalue weighted by Crippen LogP contribution is 2.27. The minimum Gasteiger partial charge on any atom is -0.386 e. The normalized spacial score (nSPS) is 21.8. The molecule has 2 fully saturated rings. The smallest absolute Gasteiger partial charge is 0.222 e. The first-order valence-corrected chi connectivity index (χ1v) is 10.3. The molecule has 2 heterocycles. The zero-order valence-electron chi connectivity index (χ0n) is 14.5. The van der Waals surface area contributed by atoms with Crippen LogP contribution < -0.4 is 0 Å². The van der Waals surface area contributed by atoms with E-state index in [4.69, 9.17) is 0 Å². The highest BCUT2D eigenvalue weighted by atomic mass is 32.1. The second-order valence-electron chi connectivity index (χ2n) is 7.26. The van der Waals surface area contributed by atoms with E-state index in [1.54, 1.807) is 11.3 Å². The summed E-state index contributed by atoms with van der Waals surface area (Å²) in [6, 6.07) is 3.96. The van der Waals surface area contributed by atoms with Gasteiger partial charge in [-0.1, -0.05) is 38.2 Å². The van der Waals surface area contributed by atoms with E-state index >= 15 is 0 Å². The van der Waals surface area contributed by atoms with Crippen LogP contribution in [0.15, 0.2) is 17.5 Å². The first kappa shape index (κ1) is 17.9. The summed E-state index contributed by atoms with van der Waals surface area (Å²) in [6.07, 6.45) is 8.12. The zero-order valence-corrected chi connectivity index (χ0v) is 15.3. The third-order valence-corrected chi connectivity index (χ3v) is 6.49. The summed E-state index contributed by atoms with van der Waals surface area (Å²) in [5.74, 6) is 1.11. The van der Waals surface area contributed by atoms with Gasteiger partial charge in [0.2, 0.25) is 5.91 Å². The number of aliphatic hydroxyl groups is 1. The molecule has 1 aliphatic heterocycles. The van der Waals surface area contributed by atoms with Gasteiger partial charge in [-0.15, -0.1) is 11.3 Å². The second kappa shape index (κ2) is 8.97. The van der Waals surface area contributed by atoms with E-state index < -0.39 is 6.10 Å². The Morgan fingerprint density at radius 2 is 1.96 bits per heavy atom. The Morgan fingerprint density at radius 3 is 2.62 bits per heavy atom. The van der Waals surface area contributed by atoms with Crippen molar-refractivity contribution >= 4 is 17.2 Å². The van der Waals surface area contributed by atoms with E-state index in [-0.39, 0.29) is 0 Å². The van der Waals surface area contributed by atoms with Crippen molar-refractivity contribution in [3.05, 3.63) is 22.4 Å². The monoisotopic (exact) mass is 350 g/mol. The number of thiophene rings is 1. The van der Waals surface area contributed by atoms with E-state index in [1.807, 2.05) is 22.4 Å². The van der Waals surface area contributed by atoms with E-state index in [9.17, 15) is 9.90 Å². The van der Waals surface area contributed by atoms with Crippen LogP contribution in [0.1, 0.15) is 55.9 Å². The van der Waals surface area contributed by atoms with Crippen molar-refractivity contribution in [1.29, 1.82) is 0 Å². The summed E-state index contributed by atoms with van der Waals surface area (Å²) < 4.78 is 0. The van der Waals surface area contributed by atoms with Crippen LogP contribution in [0.25, 0.3) is 0 Å². The van der Waals surface area contributed by atoms with Gasteiger partial charge in [0, 0.05) is 44.0 Å². The van der Waals surface area contributed by atoms with Crippen molar-refractivity contribution < 1.29 is 9.90 Å². The molecule has 0 aromatic carbocycles. The SMILES string of the molecule is O=C(CCC1CCCCC1)N1CCN(CC(O)c2cccs2)CC1. The molecule has 24 heavy (non-hydrogen) atoms. The summed E-state index contributed by atoms with van der Waals surface area (Å²) in [5.41, 5.74) is 0. The number of carbonyl (C=O) groups excluding carboxylic acids is 1. The Morgan fingerprint density at radius 1 is 1.21 bits per heavy atom. The van der Waals surface area contributed by atoms with E-state index in [2.05, 4.69) is 4.90 Å². The molecule has 2 aliphatic rings. The topological polar surface area (TPSA) is 43.8 Å². The molecule has 1 saturated carbocycles. The number of aliphatic hydroxyl groups excluding tert-OH is 1. The van der Waals surface area contributed by atoms with Crippen LogP contribution >= 0.6 is 11.3 Å². The van der Waals surface area contributed by atoms with Gasteiger partial charge in [-0.05, 0) is 23.8 Å². The number of β-amino-alcohol motifs (C(OH)–C–C–N with tert-alkyl or cyclic N) is 1. The van der Waals surface area contributed by atoms with Crippen molar-refractivity contribution in [1.82, 2.24) is 9.80 Å². The average molecular weight is 351 g/mol. The number of amides is 1. The largest absolute Gasteiger partial charge is 0.386 e. The molecule has 1 aromatic heterocycles. The van der Waals surface area contributed by atoms with Gasteiger partial charge >= 0.3 is 0 Å². The van der Waals surface area contributed by atoms with Crippen LogP contribution in [0.4, 0.5) is 0 Å². The molecule has 1 amide bonds. The molecule has 1 N–H and O–H groups in total. The molecule has 1 aromatic rings. The number of hydrogen-bond acceptors (Lipinski definition) is 4. The molecule has 0 bridgehead atoms. The summed E-state index contributed by atoms with van der Waals surface area (Å²) in [5, 5.41) is 12.3. The maximum absolute atomic E-state index is 12.4. The zero-order chi connectivity index (χ0) is 16.8. The van der Waals surface area contributed by atoms with Crippen LogP contribution in [-0.4, -0.2) is 53.5 Å². The number of carbonyl (C=O) groups is 1. The van der Waals surface area contributed by atoms with Gasteiger partial charge in [0.1, 0.15) is 6.10 Å². The fourth-order valence-electron chi connectivity index (χ4n) is 3.96. The highest BCUT2D eigenvalue weighted by Gasteiger charge is 2.24. The molecule has 1 atom stereocenters. The first-order chi connectivity index (χ1) is 11.7. The molecule has 3 rings (SSSR count). The van der Waals surface area contributed by atoms with Gasteiger partial charge < -0.3 is 10.0 Å². The fourth-order valence-corrected chi connectivity index (χ4v) is 4.66. The van der Waals surface area contributed by atoms with Crippen molar-refractivity contribution in [2.24, 2.45) is 5.92 Å². The lowest BCUT2D eigenvalue weighted by Crippen LogP contribution is -2.49. The van der Waals surface area contributed by atoms with Crippen LogP contribution in [0.2, 0.25) is 0 Å². The Balaban J connectivity index is 1.35. The highest BCUT2D eigenvalue weighted by molar-refractivity contribution is 7.10. The Bertz CT molecular complexity index is 491. The van der Waals surface area contributed by atoms with Gasteiger partial charge in [0.25, 0.3) is 0 Å². The van der Waals surface area contributed by atoms with Crippen LogP contribution in [0.5, 0.6) is 0 Å². The predicted molar refractivity (Wildman–Crippen MR) is 98.1 cm³/mol. The van der Waals surface area contributed by atoms with Gasteiger partial charge in [-0.25, -0.2) is 0 Å². The summed E-state index contributed by atoms with van der Waals surface area (Å²) in [7, 11) is 0. The summed E-state index contributed by atoms with van der Waals surface area (Å²) in [6.45, 7) is 4.03. The molecule has 4 nitrogen and oxygen atoms in total. The van der Waals surface area contributed by atoms with Crippen molar-refractivity contribution in [3.63, 3.8) is 0 Å². The number of rotatable bonds is 6. The van der Waals surface area contributed by atoms with E-state index in [1.165, 1.54) is 32.1 Å². The van der Waals surface area contributed by atoms with Crippen molar-refractivity contribution in [2.45, 2.75) is 51.0 Å². The Hall–Kier alpha value is -0.910. The summed E-state index contributed by atoms with van der Waals surface area (Å²) in [4.78, 5) is 17.7. The van der Waals surface area contributed by atoms with Gasteiger partial charge in [0.05, 0.1) is 0 Å². The van der Waals surface area contributed by atoms with Crippen LogP contribution in [-0.2, 0) is 4.79 Å². The maximum Gasteiger partial charge on any atom is 0.222 e. The third-order valence-electron chi connectivity index (χ3n) is 5.52. The van der Waals surface area contributed by atoms with Gasteiger partial charge in [-0.3, -0.25) is 9.69 Å². The fraction of sp³-hybridized carbons (Fsp3) is 0.737. The molecule has 1 unspecified atom stereocenters. The molecule has 5 heteroatoms. The molecule has 0 spiro atoms. The minimum absolute atomic E-state index is 0.332.